The number of hydrogen-bond donors (Lipinski definition) is 3. The molecule has 15 heterocycles. The highest BCUT2D eigenvalue weighted by molar-refractivity contribution is 6.31. The fraction of sp³-hybridized carbons (Fsp3) is 0.352. The van der Waals surface area contributed by atoms with Crippen LogP contribution < -0.4 is 32.0 Å². The van der Waals surface area contributed by atoms with Crippen LogP contribution in [0.3, 0.4) is 0 Å². The van der Waals surface area contributed by atoms with Crippen molar-refractivity contribution in [3.63, 3.8) is 0 Å². The molecule has 4 saturated heterocycles. The van der Waals surface area contributed by atoms with Crippen molar-refractivity contribution in [2.24, 2.45) is 14.1 Å². The quantitative estimate of drug-likeness (QED) is 0.105. The maximum Gasteiger partial charge on any atom is 0.250 e. The summed E-state index contributed by atoms with van der Waals surface area (Å²) < 4.78 is 15.8. The Morgan fingerprint density at radius 2 is 1.11 bits per heavy atom. The lowest BCUT2D eigenvalue weighted by atomic mass is 9.91. The lowest BCUT2D eigenvalue weighted by molar-refractivity contribution is 0.0441. The molecular weight excluding hydrogens is 1160 g/mol. The number of pyridine rings is 8. The van der Waals surface area contributed by atoms with E-state index in [0.29, 0.717) is 11.4 Å². The van der Waals surface area contributed by atoms with Crippen LogP contribution in [0.1, 0.15) is 133 Å². The number of imidazole rings is 3. The van der Waals surface area contributed by atoms with Crippen LogP contribution >= 0.6 is 11.6 Å². The molecule has 464 valence electrons. The number of nitrogens with one attached hydrogen (secondary N) is 3. The number of ether oxygens (including phenoxy) is 1. The molecule has 15 rings (SSSR count). The lowest BCUT2D eigenvalue weighted by Gasteiger charge is -2.35. The minimum atomic E-state index is -0.189. The van der Waals surface area contributed by atoms with Crippen molar-refractivity contribution < 1.29 is 4.74 Å². The van der Waals surface area contributed by atoms with E-state index in [1.807, 2.05) is 49.1 Å². The maximum atomic E-state index is 13.3. The summed E-state index contributed by atoms with van der Waals surface area (Å²) in [4.78, 5) is 61.7. The number of nitrogens with zero attached hydrogens (tertiary/aromatic N) is 13. The molecule has 0 spiro atoms. The number of halogens is 1. The molecule has 0 unspecified atom stereocenters. The van der Waals surface area contributed by atoms with E-state index in [2.05, 4.69) is 133 Å². The van der Waals surface area contributed by atoms with Gasteiger partial charge in [0, 0.05) is 131 Å². The zero-order chi connectivity index (χ0) is 62.2. The number of hydrogen-bond acceptors (Lipinski definition) is 14. The standard InChI is InChI=1S/C71H75ClN16O3/c1-42-11-10-21-73-69(42)54-14-7-12-52(76-54)59-40-87-62(45-18-19-67(89)84(5)38-45)30-46(31-65(87)81-59)48-27-43(2)70(74-36-48)55-15-8-13-53(77-55)58-39-86-61(44-20-22-83(4)68(90)33-44)29-47(32-64(86)80-58)49-28-51(72)71(75-37-49)57-35-50(91-6)34-56(78-57)60-41-88-63(79-60)16-9-17-66(88)85-25-23-82(3)24-26-85/h9-11,16-22,27-33,36-41,50,52-57,76-78H,7-8,12-15,23-26,34-35H2,1-6H3/t50-,52+,53+,54-,55-,56+,57-/m0/s1. The Balaban J connectivity index is 0.705. The Morgan fingerprint density at radius 1 is 0.505 bits per heavy atom. The monoisotopic (exact) mass is 1230 g/mol. The van der Waals surface area contributed by atoms with Crippen molar-refractivity contribution in [2.45, 2.75) is 108 Å². The minimum Gasteiger partial charge on any atom is -0.381 e. The third-order valence-electron chi connectivity index (χ3n) is 19.5. The molecule has 4 fully saturated rings. The van der Waals surface area contributed by atoms with Gasteiger partial charge in [0.15, 0.2) is 0 Å². The number of methoxy groups -OCH3 is 1. The van der Waals surface area contributed by atoms with Gasteiger partial charge in [-0.2, -0.15) is 0 Å². The van der Waals surface area contributed by atoms with E-state index in [1.165, 1.54) is 5.56 Å². The van der Waals surface area contributed by atoms with Gasteiger partial charge in [-0.15, -0.1) is 0 Å². The molecule has 0 amide bonds. The molecule has 19 nitrogen and oxygen atoms in total. The lowest BCUT2D eigenvalue weighted by Crippen LogP contribution is -2.45. The predicted octanol–water partition coefficient (Wildman–Crippen LogP) is 11.2. The van der Waals surface area contributed by atoms with Gasteiger partial charge in [0.05, 0.1) is 92.9 Å². The largest absolute Gasteiger partial charge is 0.381 e. The Bertz CT molecular complexity index is 4710. The van der Waals surface area contributed by atoms with Crippen molar-refractivity contribution >= 4 is 34.4 Å². The van der Waals surface area contributed by atoms with Crippen LogP contribution in [-0.4, -0.2) is 104 Å². The molecule has 11 aromatic heterocycles. The van der Waals surface area contributed by atoms with E-state index in [4.69, 9.17) is 46.2 Å². The third kappa shape index (κ3) is 11.3. The van der Waals surface area contributed by atoms with Gasteiger partial charge in [-0.1, -0.05) is 23.7 Å². The van der Waals surface area contributed by atoms with Crippen LogP contribution in [0.2, 0.25) is 5.02 Å². The summed E-state index contributed by atoms with van der Waals surface area (Å²) in [6, 6.07) is 30.2. The highest BCUT2D eigenvalue weighted by Crippen LogP contribution is 2.41. The topological polar surface area (TPSA) is 186 Å². The van der Waals surface area contributed by atoms with Crippen molar-refractivity contribution in [1.29, 1.82) is 0 Å². The normalized spacial score (nSPS) is 21.7. The minimum absolute atomic E-state index is 0.0238. The fourth-order valence-electron chi connectivity index (χ4n) is 14.4. The van der Waals surface area contributed by atoms with Gasteiger partial charge in [-0.25, -0.2) is 15.0 Å². The zero-order valence-corrected chi connectivity index (χ0v) is 53.0. The van der Waals surface area contributed by atoms with Gasteiger partial charge in [-0.3, -0.25) is 37.7 Å². The summed E-state index contributed by atoms with van der Waals surface area (Å²) in [7, 11) is 7.50. The van der Waals surface area contributed by atoms with E-state index in [1.54, 1.807) is 48.7 Å². The molecule has 20 heteroatoms. The number of piperidine rings is 3. The van der Waals surface area contributed by atoms with Gasteiger partial charge < -0.3 is 39.6 Å². The molecule has 91 heavy (non-hydrogen) atoms. The second kappa shape index (κ2) is 24.2. The number of piperazine rings is 1. The first-order chi connectivity index (χ1) is 44.2. The SMILES string of the molecule is CO[C@@H]1C[C@@H](c2ncc(-c3cc(-c4ccn(C)c(=O)c4)n4cc([C@H]5CCC[C@@H](c6ncc(-c7cc(-c8ccc(=O)n(C)c8)n8cc([C@H]9CCC[C@@H](c%10ncccc%10C)N9)nc8c7)cc6C)N5)nc4c3)cc2Cl)N[C@@H](c2cn3c(N4CCN(C)CC4)cccc3n2)C1. The summed E-state index contributed by atoms with van der Waals surface area (Å²) in [5.74, 6) is 1.15. The van der Waals surface area contributed by atoms with E-state index < -0.39 is 0 Å². The van der Waals surface area contributed by atoms with Crippen molar-refractivity contribution in [3.8, 4) is 44.8 Å². The third-order valence-corrected chi connectivity index (χ3v) is 19.9. The summed E-state index contributed by atoms with van der Waals surface area (Å²) in [6.07, 6.45) is 23.1. The van der Waals surface area contributed by atoms with Gasteiger partial charge in [0.25, 0.3) is 5.56 Å². The Hall–Kier alpha value is -8.69. The van der Waals surface area contributed by atoms with Crippen LogP contribution in [0.5, 0.6) is 0 Å². The zero-order valence-electron chi connectivity index (χ0n) is 52.2. The highest BCUT2D eigenvalue weighted by Gasteiger charge is 2.35. The number of aromatic nitrogens is 11. The van der Waals surface area contributed by atoms with Crippen LogP contribution in [0, 0.1) is 13.8 Å². The average molecular weight is 1240 g/mol. The van der Waals surface area contributed by atoms with Crippen LogP contribution in [0.15, 0.2) is 150 Å². The average Bonchev–Trinajstić information content (AvgIpc) is 1.72. The molecule has 0 aliphatic carbocycles. The molecular formula is C71H75ClN16O3. The van der Waals surface area contributed by atoms with E-state index in [-0.39, 0.29) is 53.5 Å². The van der Waals surface area contributed by atoms with Gasteiger partial charge in [-0.05, 0) is 161 Å². The first-order valence-corrected chi connectivity index (χ1v) is 32.3. The molecule has 0 aromatic carbocycles. The Kier molecular flexibility index (Phi) is 15.6. The molecule has 4 aliphatic rings. The first kappa shape index (κ1) is 58.7. The fourth-order valence-corrected chi connectivity index (χ4v) is 14.7. The summed E-state index contributed by atoms with van der Waals surface area (Å²) in [6.45, 7) is 8.24. The van der Waals surface area contributed by atoms with Crippen LogP contribution in [0.4, 0.5) is 5.82 Å². The summed E-state index contributed by atoms with van der Waals surface area (Å²) in [5, 5.41) is 12.3. The number of likely N-dealkylation sites (N-methyl/N-ethyl adjacent to an activating group) is 1. The van der Waals surface area contributed by atoms with Crippen molar-refractivity contribution in [1.82, 2.24) is 73.1 Å². The van der Waals surface area contributed by atoms with Gasteiger partial charge in [0.1, 0.15) is 22.8 Å². The highest BCUT2D eigenvalue weighted by atomic mass is 35.5. The second-order valence-electron chi connectivity index (χ2n) is 25.6. The van der Waals surface area contributed by atoms with Crippen LogP contribution in [0.25, 0.3) is 61.7 Å². The summed E-state index contributed by atoms with van der Waals surface area (Å²) in [5.41, 5.74) is 17.4. The smallest absolute Gasteiger partial charge is 0.250 e. The molecule has 7 atom stereocenters. The maximum absolute atomic E-state index is 13.3. The van der Waals surface area contributed by atoms with Crippen molar-refractivity contribution in [3.05, 3.63) is 212 Å². The first-order valence-electron chi connectivity index (χ1n) is 31.9. The van der Waals surface area contributed by atoms with Gasteiger partial charge >= 0.3 is 0 Å². The summed E-state index contributed by atoms with van der Waals surface area (Å²) >= 11 is 7.35. The molecule has 3 N–H and O–H groups in total. The molecule has 11 aromatic rings. The van der Waals surface area contributed by atoms with E-state index >= 15 is 0 Å². The van der Waals surface area contributed by atoms with E-state index in [0.717, 1.165) is 178 Å². The molecule has 0 saturated carbocycles. The molecule has 4 aliphatic heterocycles. The second-order valence-corrected chi connectivity index (χ2v) is 26.0. The Labute approximate surface area is 532 Å². The Morgan fingerprint density at radius 3 is 1.76 bits per heavy atom. The number of fused-ring (bicyclic) bond motifs is 3. The van der Waals surface area contributed by atoms with Crippen molar-refractivity contribution in [2.75, 3.05) is 45.2 Å². The molecule has 0 radical (unpaired) electrons. The predicted molar refractivity (Wildman–Crippen MR) is 355 cm³/mol. The van der Waals surface area contributed by atoms with E-state index in [9.17, 15) is 9.59 Å². The molecule has 0 bridgehead atoms. The number of rotatable bonds is 12. The van der Waals surface area contributed by atoms with Crippen LogP contribution in [-0.2, 0) is 18.8 Å². The number of aryl methyl sites for hydroxylation is 4. The van der Waals surface area contributed by atoms with Gasteiger partial charge in [0.2, 0.25) is 5.56 Å². The number of anilines is 1.